The Hall–Kier alpha value is -3.13. The number of halogens is 2. The van der Waals surface area contributed by atoms with Crippen molar-refractivity contribution in [3.8, 4) is 5.75 Å². The van der Waals surface area contributed by atoms with Crippen LogP contribution < -0.4 is 10.1 Å². The Labute approximate surface area is 197 Å². The minimum Gasteiger partial charge on any atom is -0.497 e. The summed E-state index contributed by atoms with van der Waals surface area (Å²) in [5, 5.41) is 3.51. The van der Waals surface area contributed by atoms with Gasteiger partial charge >= 0.3 is 0 Å². The normalized spacial score (nSPS) is 14.3. The van der Waals surface area contributed by atoms with Crippen molar-refractivity contribution in [2.75, 3.05) is 25.5 Å². The van der Waals surface area contributed by atoms with Gasteiger partial charge in [0.15, 0.2) is 0 Å². The lowest BCUT2D eigenvalue weighted by Gasteiger charge is -2.33. The van der Waals surface area contributed by atoms with Crippen LogP contribution in [0.15, 0.2) is 53.7 Å². The first-order chi connectivity index (χ1) is 15.9. The number of hydrogen-bond donors (Lipinski definition) is 2. The fraction of sp³-hybridized carbons (Fsp3) is 0.280. The number of carbonyl (C=O) groups is 1. The highest BCUT2D eigenvalue weighted by molar-refractivity contribution is 7.80. The molecule has 1 aliphatic rings. The van der Waals surface area contributed by atoms with Crippen LogP contribution in [0.1, 0.15) is 40.2 Å². The van der Waals surface area contributed by atoms with Crippen LogP contribution in [0, 0.1) is 18.6 Å². The molecule has 0 aliphatic carbocycles. The van der Waals surface area contributed by atoms with Crippen molar-refractivity contribution in [2.45, 2.75) is 30.7 Å². The summed E-state index contributed by atoms with van der Waals surface area (Å²) in [7, 11) is 1.51. The molecular formula is C25H25F2N3O2S. The molecule has 1 saturated heterocycles. The predicted octanol–water partition coefficient (Wildman–Crippen LogP) is 5.73. The molecule has 3 aromatic rings. The third-order valence-electron chi connectivity index (χ3n) is 6.08. The number of anilines is 2. The fourth-order valence-corrected chi connectivity index (χ4v) is 4.28. The molecule has 1 fully saturated rings. The number of aromatic nitrogens is 1. The number of hydrogen-bond acceptors (Lipinski definition) is 5. The van der Waals surface area contributed by atoms with Gasteiger partial charge < -0.3 is 15.0 Å². The van der Waals surface area contributed by atoms with Crippen molar-refractivity contribution in [1.82, 2.24) is 9.88 Å². The van der Waals surface area contributed by atoms with Crippen LogP contribution in [0.4, 0.5) is 20.2 Å². The first kappa shape index (κ1) is 23.0. The standard InChI is InChI=1S/C25H25F2N3O2S/c1-15-23(29-22-13-19(32-2)7-8-21(22)27)20(14-28-24(15)33)25(31)30-11-9-17(10-12-30)16-3-5-18(26)6-4-16/h3-8,13-14,17H,9-12H2,1-2H3,(H2,28,29,33). The highest BCUT2D eigenvalue weighted by Gasteiger charge is 2.27. The molecule has 1 aromatic heterocycles. The Morgan fingerprint density at radius 1 is 1.15 bits per heavy atom. The van der Waals surface area contributed by atoms with Crippen LogP contribution in [0.5, 0.6) is 5.75 Å². The molecule has 0 bridgehead atoms. The van der Waals surface area contributed by atoms with Gasteiger partial charge in [0.2, 0.25) is 0 Å². The average Bonchev–Trinajstić information content (AvgIpc) is 2.83. The van der Waals surface area contributed by atoms with E-state index in [9.17, 15) is 13.6 Å². The first-order valence-electron chi connectivity index (χ1n) is 10.7. The smallest absolute Gasteiger partial charge is 0.257 e. The molecule has 8 heteroatoms. The third-order valence-corrected chi connectivity index (χ3v) is 6.53. The molecule has 0 saturated carbocycles. The maximum Gasteiger partial charge on any atom is 0.257 e. The summed E-state index contributed by atoms with van der Waals surface area (Å²) in [6.07, 6.45) is 3.04. The quantitative estimate of drug-likeness (QED) is 0.469. The number of piperidine rings is 1. The number of likely N-dealkylation sites (tertiary alicyclic amines) is 1. The predicted molar refractivity (Wildman–Crippen MR) is 127 cm³/mol. The third kappa shape index (κ3) is 4.95. The Morgan fingerprint density at radius 2 is 1.85 bits per heavy atom. The van der Waals surface area contributed by atoms with Crippen LogP contribution in [0.25, 0.3) is 0 Å². The van der Waals surface area contributed by atoms with E-state index in [1.54, 1.807) is 24.0 Å². The molecule has 1 N–H and O–H groups in total. The summed E-state index contributed by atoms with van der Waals surface area (Å²) in [5.41, 5.74) is 2.74. The summed E-state index contributed by atoms with van der Waals surface area (Å²) < 4.78 is 32.9. The number of methoxy groups -OCH3 is 1. The molecule has 0 unspecified atom stereocenters. The van der Waals surface area contributed by atoms with Crippen molar-refractivity contribution >= 4 is 29.9 Å². The number of nitrogens with zero attached hydrogens (tertiary/aromatic N) is 2. The fourth-order valence-electron chi connectivity index (χ4n) is 4.11. The Morgan fingerprint density at radius 3 is 2.52 bits per heavy atom. The van der Waals surface area contributed by atoms with E-state index >= 15 is 0 Å². The van der Waals surface area contributed by atoms with Crippen molar-refractivity contribution in [1.29, 1.82) is 0 Å². The van der Waals surface area contributed by atoms with Crippen molar-refractivity contribution in [3.05, 3.63) is 77.0 Å². The summed E-state index contributed by atoms with van der Waals surface area (Å²) >= 11 is 4.38. The number of ether oxygens (including phenoxy) is 1. The van der Waals surface area contributed by atoms with Crippen LogP contribution in [0.3, 0.4) is 0 Å². The van der Waals surface area contributed by atoms with Gasteiger partial charge in [0.05, 0.1) is 29.1 Å². The van der Waals surface area contributed by atoms with Gasteiger partial charge in [0.1, 0.15) is 17.4 Å². The Kier molecular flexibility index (Phi) is 6.83. The van der Waals surface area contributed by atoms with Crippen LogP contribution in [0.2, 0.25) is 0 Å². The highest BCUT2D eigenvalue weighted by Crippen LogP contribution is 2.33. The topological polar surface area (TPSA) is 54.5 Å². The van der Waals surface area contributed by atoms with Crippen LogP contribution in [-0.2, 0) is 0 Å². The van der Waals surface area contributed by atoms with E-state index in [2.05, 4.69) is 22.9 Å². The maximum atomic E-state index is 14.5. The van der Waals surface area contributed by atoms with Crippen LogP contribution in [-0.4, -0.2) is 36.0 Å². The van der Waals surface area contributed by atoms with Gasteiger partial charge in [-0.3, -0.25) is 4.79 Å². The number of thiol groups is 1. The Balaban J connectivity index is 1.56. The minimum absolute atomic E-state index is 0.178. The second-order valence-electron chi connectivity index (χ2n) is 8.08. The summed E-state index contributed by atoms with van der Waals surface area (Å²) in [4.78, 5) is 19.4. The lowest BCUT2D eigenvalue weighted by atomic mass is 9.89. The molecule has 33 heavy (non-hydrogen) atoms. The van der Waals surface area contributed by atoms with Crippen LogP contribution >= 0.6 is 12.6 Å². The maximum absolute atomic E-state index is 14.5. The van der Waals surface area contributed by atoms with Crippen molar-refractivity contribution in [3.63, 3.8) is 0 Å². The number of nitrogens with one attached hydrogen (secondary N) is 1. The number of carbonyl (C=O) groups excluding carboxylic acids is 1. The average molecular weight is 470 g/mol. The molecule has 0 radical (unpaired) electrons. The second-order valence-corrected chi connectivity index (χ2v) is 8.51. The molecule has 2 heterocycles. The van der Waals surface area contributed by atoms with E-state index in [0.29, 0.717) is 40.7 Å². The van der Waals surface area contributed by atoms with Gasteiger partial charge in [-0.1, -0.05) is 12.1 Å². The van der Waals surface area contributed by atoms with Gasteiger partial charge in [-0.25, -0.2) is 13.8 Å². The van der Waals surface area contributed by atoms with E-state index in [1.165, 1.54) is 43.6 Å². The van der Waals surface area contributed by atoms with E-state index in [-0.39, 0.29) is 23.3 Å². The number of pyridine rings is 1. The van der Waals surface area contributed by atoms with E-state index in [4.69, 9.17) is 4.74 Å². The summed E-state index contributed by atoms with van der Waals surface area (Å²) in [5.74, 6) is -0.131. The Bertz CT molecular complexity index is 1160. The van der Waals surface area contributed by atoms with Gasteiger partial charge in [-0.15, -0.1) is 12.6 Å². The molecule has 2 aromatic carbocycles. The van der Waals surface area contributed by atoms with Crippen molar-refractivity contribution < 1.29 is 18.3 Å². The lowest BCUT2D eigenvalue weighted by Crippen LogP contribution is -2.38. The van der Waals surface area contributed by atoms with Gasteiger partial charge in [-0.2, -0.15) is 0 Å². The van der Waals surface area contributed by atoms with E-state index in [0.717, 1.165) is 18.4 Å². The zero-order valence-corrected chi connectivity index (χ0v) is 19.3. The molecule has 4 rings (SSSR count). The summed E-state index contributed by atoms with van der Waals surface area (Å²) in [6, 6.07) is 10.9. The monoisotopic (exact) mass is 469 g/mol. The number of rotatable bonds is 5. The largest absolute Gasteiger partial charge is 0.497 e. The molecule has 1 aliphatic heterocycles. The highest BCUT2D eigenvalue weighted by atomic mass is 32.1. The van der Waals surface area contributed by atoms with Gasteiger partial charge in [0, 0.05) is 30.9 Å². The second kappa shape index (κ2) is 9.79. The number of amides is 1. The van der Waals surface area contributed by atoms with E-state index in [1.807, 2.05) is 0 Å². The molecule has 172 valence electrons. The molecule has 0 atom stereocenters. The molecule has 1 amide bonds. The number of benzene rings is 2. The van der Waals surface area contributed by atoms with Gasteiger partial charge in [0.25, 0.3) is 5.91 Å². The zero-order chi connectivity index (χ0) is 23.5. The lowest BCUT2D eigenvalue weighted by molar-refractivity contribution is 0.0713. The molecule has 0 spiro atoms. The molecule has 5 nitrogen and oxygen atoms in total. The SMILES string of the molecule is COc1ccc(F)c(Nc2c(C(=O)N3CCC(c4ccc(F)cc4)CC3)cnc(S)c2C)c1. The van der Waals surface area contributed by atoms with E-state index < -0.39 is 5.82 Å². The minimum atomic E-state index is -0.466. The molecular weight excluding hydrogens is 444 g/mol. The first-order valence-corrected chi connectivity index (χ1v) is 11.2. The summed E-state index contributed by atoms with van der Waals surface area (Å²) in [6.45, 7) is 2.91. The van der Waals surface area contributed by atoms with Gasteiger partial charge in [-0.05, 0) is 55.5 Å². The van der Waals surface area contributed by atoms with Crippen molar-refractivity contribution in [2.24, 2.45) is 0 Å². The zero-order valence-electron chi connectivity index (χ0n) is 18.4.